The van der Waals surface area contributed by atoms with Crippen LogP contribution in [0.1, 0.15) is 65.9 Å². The van der Waals surface area contributed by atoms with Gasteiger partial charge in [-0.25, -0.2) is 4.79 Å². The van der Waals surface area contributed by atoms with Crippen molar-refractivity contribution in [2.75, 3.05) is 6.54 Å². The molecule has 40 heavy (non-hydrogen) atoms. The fourth-order valence-electron chi connectivity index (χ4n) is 4.45. The number of aliphatic hydroxyl groups is 1. The molecule has 3 rings (SSSR count). The van der Waals surface area contributed by atoms with Gasteiger partial charge >= 0.3 is 12.1 Å². The first-order valence-corrected chi connectivity index (χ1v) is 12.8. The van der Waals surface area contributed by atoms with Crippen LogP contribution in [0.3, 0.4) is 0 Å². The number of carboxylic acids is 1. The van der Waals surface area contributed by atoms with E-state index in [1.54, 1.807) is 24.3 Å². The van der Waals surface area contributed by atoms with Gasteiger partial charge in [-0.1, -0.05) is 45.0 Å². The largest absolute Gasteiger partial charge is 0.486 e. The molecule has 0 bridgehead atoms. The molecule has 3 aromatic carbocycles. The Morgan fingerprint density at radius 3 is 1.95 bits per heavy atom. The minimum atomic E-state index is -4.40. The van der Waals surface area contributed by atoms with Crippen LogP contribution in [0.2, 0.25) is 0 Å². The van der Waals surface area contributed by atoms with Crippen LogP contribution in [0.5, 0.6) is 5.75 Å². The lowest BCUT2D eigenvalue weighted by molar-refractivity contribution is -0.146. The van der Waals surface area contributed by atoms with E-state index < -0.39 is 36.3 Å². The molecule has 6 nitrogen and oxygen atoms in total. The zero-order valence-corrected chi connectivity index (χ0v) is 23.1. The smallest absolute Gasteiger partial charge is 0.416 e. The number of ether oxygens (including phenoxy) is 1. The maximum atomic E-state index is 13.0. The van der Waals surface area contributed by atoms with Crippen LogP contribution in [0.4, 0.5) is 13.2 Å². The number of carboxylic acid groups (broad SMARTS) is 1. The van der Waals surface area contributed by atoms with Gasteiger partial charge in [0, 0.05) is 5.56 Å². The summed E-state index contributed by atoms with van der Waals surface area (Å²) < 4.78 is 45.4. The van der Waals surface area contributed by atoms with Crippen molar-refractivity contribution in [3.8, 4) is 16.9 Å². The molecule has 3 aromatic rings. The second kappa shape index (κ2) is 12.1. The summed E-state index contributed by atoms with van der Waals surface area (Å²) >= 11 is 0. The third-order valence-corrected chi connectivity index (χ3v) is 6.37. The number of benzene rings is 3. The zero-order valence-electron chi connectivity index (χ0n) is 23.1. The molecule has 1 amide bonds. The highest BCUT2D eigenvalue weighted by Gasteiger charge is 2.30. The molecule has 9 heteroatoms. The first kappa shape index (κ1) is 30.7. The molecule has 0 spiro atoms. The highest BCUT2D eigenvalue weighted by molar-refractivity contribution is 5.94. The average molecular weight is 558 g/mol. The summed E-state index contributed by atoms with van der Waals surface area (Å²) in [7, 11) is 0. The van der Waals surface area contributed by atoms with Crippen molar-refractivity contribution >= 4 is 11.9 Å². The quantitative estimate of drug-likeness (QED) is 0.271. The van der Waals surface area contributed by atoms with E-state index >= 15 is 0 Å². The molecule has 0 heterocycles. The van der Waals surface area contributed by atoms with Gasteiger partial charge in [0.2, 0.25) is 0 Å². The number of rotatable bonds is 9. The molecule has 0 aliphatic rings. The van der Waals surface area contributed by atoms with E-state index in [1.165, 1.54) is 12.1 Å². The Kier molecular flexibility index (Phi) is 9.30. The minimum Gasteiger partial charge on any atom is -0.486 e. The van der Waals surface area contributed by atoms with Crippen LogP contribution in [0.15, 0.2) is 60.7 Å². The summed E-state index contributed by atoms with van der Waals surface area (Å²) in [6.45, 7) is 9.63. The van der Waals surface area contributed by atoms with E-state index in [-0.39, 0.29) is 11.5 Å². The number of nitrogens with one attached hydrogen (secondary N) is 1. The van der Waals surface area contributed by atoms with E-state index in [4.69, 9.17) is 9.84 Å². The van der Waals surface area contributed by atoms with Crippen LogP contribution in [0, 0.1) is 19.3 Å². The molecule has 0 aliphatic carbocycles. The zero-order chi connectivity index (χ0) is 29.8. The molecule has 2 unspecified atom stereocenters. The molecular weight excluding hydrogens is 523 g/mol. The lowest BCUT2D eigenvalue weighted by Crippen LogP contribution is -2.36. The van der Waals surface area contributed by atoms with E-state index in [2.05, 4.69) is 26.1 Å². The lowest BCUT2D eigenvalue weighted by Gasteiger charge is -2.28. The number of hydrogen-bond donors (Lipinski definition) is 3. The maximum absolute atomic E-state index is 13.0. The number of carbonyl (C=O) groups is 2. The normalized spacial score (nSPS) is 13.4. The van der Waals surface area contributed by atoms with Gasteiger partial charge < -0.3 is 20.3 Å². The third kappa shape index (κ3) is 8.08. The van der Waals surface area contributed by atoms with Gasteiger partial charge in [-0.05, 0) is 89.9 Å². The highest BCUT2D eigenvalue weighted by Crippen LogP contribution is 2.37. The monoisotopic (exact) mass is 557 g/mol. The highest BCUT2D eigenvalue weighted by atomic mass is 19.4. The second-order valence-corrected chi connectivity index (χ2v) is 11.1. The van der Waals surface area contributed by atoms with Gasteiger partial charge in [0.1, 0.15) is 11.9 Å². The average Bonchev–Trinajstić information content (AvgIpc) is 2.85. The predicted octanol–water partition coefficient (Wildman–Crippen LogP) is 6.72. The van der Waals surface area contributed by atoms with Crippen molar-refractivity contribution in [1.29, 1.82) is 0 Å². The Balaban J connectivity index is 1.84. The van der Waals surface area contributed by atoms with Gasteiger partial charge in [-0.3, -0.25) is 4.79 Å². The molecule has 0 radical (unpaired) electrons. The number of amides is 1. The molecule has 0 aliphatic heterocycles. The fraction of sp³-hybridized carbons (Fsp3) is 0.355. The summed E-state index contributed by atoms with van der Waals surface area (Å²) in [6.07, 6.45) is -5.79. The molecule has 0 fully saturated rings. The van der Waals surface area contributed by atoms with Crippen LogP contribution < -0.4 is 10.1 Å². The first-order valence-electron chi connectivity index (χ1n) is 12.8. The van der Waals surface area contributed by atoms with E-state index in [0.29, 0.717) is 23.3 Å². The molecule has 0 aromatic heterocycles. The van der Waals surface area contributed by atoms with Crippen molar-refractivity contribution in [1.82, 2.24) is 5.32 Å². The number of hydrogen-bond acceptors (Lipinski definition) is 4. The SMILES string of the molecule is Cc1cc(OC(CC(C)(C)C)c2ccc(C(=O)NCC(O)C(=O)O)cc2)cc(C)c1-c1ccc(C(F)(F)F)cc1. The Morgan fingerprint density at radius 2 is 1.48 bits per heavy atom. The van der Waals surface area contributed by atoms with Gasteiger partial charge in [-0.2, -0.15) is 13.2 Å². The number of carbonyl (C=O) groups excluding carboxylic acids is 1. The number of aliphatic hydroxyl groups excluding tert-OH is 1. The number of alkyl halides is 3. The molecule has 214 valence electrons. The van der Waals surface area contributed by atoms with E-state index in [9.17, 15) is 27.9 Å². The molecule has 3 N–H and O–H groups in total. The van der Waals surface area contributed by atoms with Crippen LogP contribution in [0.25, 0.3) is 11.1 Å². The fourth-order valence-corrected chi connectivity index (χ4v) is 4.45. The summed E-state index contributed by atoms with van der Waals surface area (Å²) in [6, 6.07) is 15.6. The molecule has 0 saturated carbocycles. The number of aryl methyl sites for hydroxylation is 2. The second-order valence-electron chi connectivity index (χ2n) is 11.1. The van der Waals surface area contributed by atoms with E-state index in [0.717, 1.165) is 34.4 Å². The number of aliphatic carboxylic acids is 1. The topological polar surface area (TPSA) is 95.9 Å². The lowest BCUT2D eigenvalue weighted by atomic mass is 9.86. The van der Waals surface area contributed by atoms with Crippen LogP contribution in [-0.2, 0) is 11.0 Å². The standard InChI is InChI=1S/C31H34F3NO5/c1-18-14-24(15-19(2)27(18)21-10-12-23(13-11-21)31(32,33)34)40-26(16-30(3,4)5)20-6-8-22(9-7-20)28(37)35-17-25(36)29(38)39/h6-15,25-26,36H,16-17H2,1-5H3,(H,35,37)(H,38,39). The molecule has 0 saturated heterocycles. The van der Waals surface area contributed by atoms with E-state index in [1.807, 2.05) is 26.0 Å². The Bertz CT molecular complexity index is 1320. The first-order chi connectivity index (χ1) is 18.5. The van der Waals surface area contributed by atoms with Crippen molar-refractivity contribution in [2.45, 2.75) is 59.4 Å². The van der Waals surface area contributed by atoms with Crippen molar-refractivity contribution < 1.29 is 37.7 Å². The predicted molar refractivity (Wildman–Crippen MR) is 146 cm³/mol. The molecular formula is C31H34F3NO5. The summed E-state index contributed by atoms with van der Waals surface area (Å²) in [5.41, 5.74) is 3.60. The Hall–Kier alpha value is -3.85. The maximum Gasteiger partial charge on any atom is 0.416 e. The number of halogens is 3. The Morgan fingerprint density at radius 1 is 0.925 bits per heavy atom. The van der Waals surface area contributed by atoms with Crippen molar-refractivity contribution in [2.24, 2.45) is 5.41 Å². The van der Waals surface area contributed by atoms with Crippen LogP contribution in [-0.4, -0.2) is 34.7 Å². The third-order valence-electron chi connectivity index (χ3n) is 6.37. The van der Waals surface area contributed by atoms with Gasteiger partial charge in [0.25, 0.3) is 5.91 Å². The minimum absolute atomic E-state index is 0.0993. The summed E-state index contributed by atoms with van der Waals surface area (Å²) in [5, 5.41) is 20.5. The summed E-state index contributed by atoms with van der Waals surface area (Å²) in [4.78, 5) is 23.1. The molecule has 2 atom stereocenters. The van der Waals surface area contributed by atoms with Crippen LogP contribution >= 0.6 is 0 Å². The summed E-state index contributed by atoms with van der Waals surface area (Å²) in [5.74, 6) is -1.31. The van der Waals surface area contributed by atoms with Gasteiger partial charge in [-0.15, -0.1) is 0 Å². The Labute approximate surface area is 231 Å². The van der Waals surface area contributed by atoms with Crippen molar-refractivity contribution in [3.05, 3.63) is 88.5 Å². The van der Waals surface area contributed by atoms with Gasteiger partial charge in [0.15, 0.2) is 6.10 Å². The van der Waals surface area contributed by atoms with Gasteiger partial charge in [0.05, 0.1) is 12.1 Å². The van der Waals surface area contributed by atoms with Crippen molar-refractivity contribution in [3.63, 3.8) is 0 Å².